The lowest BCUT2D eigenvalue weighted by Crippen LogP contribution is -2.51. The third-order valence-corrected chi connectivity index (χ3v) is 8.78. The van der Waals surface area contributed by atoms with Crippen molar-refractivity contribution in [3.8, 4) is 5.75 Å². The highest BCUT2D eigenvalue weighted by Gasteiger charge is 2.34. The van der Waals surface area contributed by atoms with Gasteiger partial charge in [0.05, 0.1) is 17.7 Å². The van der Waals surface area contributed by atoms with Gasteiger partial charge in [-0.15, -0.1) is 0 Å². The Balaban J connectivity index is 2.09. The lowest BCUT2D eigenvalue weighted by atomic mass is 10.1. The largest absolute Gasteiger partial charge is 0.495 e. The number of methoxy groups -OCH3 is 1. The molecule has 3 aromatic rings. The molecule has 2 amide bonds. The van der Waals surface area contributed by atoms with Crippen LogP contribution in [-0.4, -0.2) is 51.4 Å². The summed E-state index contributed by atoms with van der Waals surface area (Å²) in [5, 5.41) is 3.60. The molecule has 1 N–H and O–H groups in total. The molecule has 11 heteroatoms. The third kappa shape index (κ3) is 8.15. The maximum atomic E-state index is 14.1. The number of halogens is 2. The fourth-order valence-corrected chi connectivity index (χ4v) is 6.00. The number of carbonyl (C=O) groups is 2. The smallest absolute Gasteiger partial charge is 0.264 e. The minimum absolute atomic E-state index is 0.00591. The Bertz CT molecular complexity index is 1480. The van der Waals surface area contributed by atoms with Crippen molar-refractivity contribution >= 4 is 50.7 Å². The predicted octanol–water partition coefficient (Wildman–Crippen LogP) is 5.70. The Kier molecular flexibility index (Phi) is 11.1. The summed E-state index contributed by atoms with van der Waals surface area (Å²) >= 11 is 12.5. The van der Waals surface area contributed by atoms with Crippen LogP contribution in [0.2, 0.25) is 10.0 Å². The zero-order valence-electron chi connectivity index (χ0n) is 23.7. The standard InChI is InChI=1S/C30H35Cl2N3O5S/c1-20(2)17-33-30(37)22(4)34(18-23-12-13-24(31)16-26(23)32)29(36)19-35(27-15-21(3)11-14-28(27)40-5)41(38,39)25-9-7-6-8-10-25/h6-16,20,22H,17-19H2,1-5H3,(H,33,37). The molecular formula is C30H35Cl2N3O5S. The fraction of sp³-hybridized carbons (Fsp3) is 0.333. The Morgan fingerprint density at radius 3 is 2.27 bits per heavy atom. The number of anilines is 1. The van der Waals surface area contributed by atoms with E-state index in [0.717, 1.165) is 9.87 Å². The van der Waals surface area contributed by atoms with E-state index in [0.29, 0.717) is 22.2 Å². The van der Waals surface area contributed by atoms with Crippen LogP contribution in [0, 0.1) is 12.8 Å². The summed E-state index contributed by atoms with van der Waals surface area (Å²) in [6.45, 7) is 7.11. The Morgan fingerprint density at radius 1 is 0.976 bits per heavy atom. The first-order valence-corrected chi connectivity index (χ1v) is 15.3. The molecule has 0 fully saturated rings. The summed E-state index contributed by atoms with van der Waals surface area (Å²) in [5.74, 6) is -0.506. The van der Waals surface area contributed by atoms with Crippen LogP contribution in [0.1, 0.15) is 31.9 Å². The van der Waals surface area contributed by atoms with Crippen LogP contribution in [0.5, 0.6) is 5.75 Å². The van der Waals surface area contributed by atoms with E-state index in [9.17, 15) is 18.0 Å². The van der Waals surface area contributed by atoms with E-state index in [1.165, 1.54) is 24.1 Å². The van der Waals surface area contributed by atoms with E-state index in [1.807, 2.05) is 20.8 Å². The molecule has 0 aliphatic heterocycles. The average molecular weight is 621 g/mol. The molecule has 0 heterocycles. The molecule has 0 saturated heterocycles. The number of benzene rings is 3. The molecule has 1 unspecified atom stereocenters. The van der Waals surface area contributed by atoms with Crippen LogP contribution in [0.4, 0.5) is 5.69 Å². The SMILES string of the molecule is COc1ccc(C)cc1N(CC(=O)N(Cc1ccc(Cl)cc1Cl)C(C)C(=O)NCC(C)C)S(=O)(=O)c1ccccc1. The van der Waals surface area contributed by atoms with Crippen molar-refractivity contribution in [1.29, 1.82) is 0 Å². The van der Waals surface area contributed by atoms with Gasteiger partial charge in [0.1, 0.15) is 18.3 Å². The number of sulfonamides is 1. The molecule has 1 atom stereocenters. The quantitative estimate of drug-likeness (QED) is 0.281. The highest BCUT2D eigenvalue weighted by atomic mass is 35.5. The first-order valence-electron chi connectivity index (χ1n) is 13.1. The molecule has 0 saturated carbocycles. The molecule has 0 bridgehead atoms. The number of carbonyl (C=O) groups excluding carboxylic acids is 2. The summed E-state index contributed by atoms with van der Waals surface area (Å²) in [7, 11) is -2.79. The highest BCUT2D eigenvalue weighted by molar-refractivity contribution is 7.92. The topological polar surface area (TPSA) is 96.0 Å². The molecule has 3 aromatic carbocycles. The average Bonchev–Trinajstić information content (AvgIpc) is 2.94. The molecule has 0 aromatic heterocycles. The molecular weight excluding hydrogens is 585 g/mol. The van der Waals surface area contributed by atoms with Crippen LogP contribution < -0.4 is 14.4 Å². The van der Waals surface area contributed by atoms with Gasteiger partial charge in [0, 0.05) is 23.1 Å². The molecule has 0 spiro atoms. The Morgan fingerprint density at radius 2 is 1.66 bits per heavy atom. The van der Waals surface area contributed by atoms with Crippen molar-refractivity contribution < 1.29 is 22.7 Å². The lowest BCUT2D eigenvalue weighted by Gasteiger charge is -2.32. The summed E-state index contributed by atoms with van der Waals surface area (Å²) in [4.78, 5) is 28.5. The van der Waals surface area contributed by atoms with Gasteiger partial charge in [0.2, 0.25) is 11.8 Å². The molecule has 0 aliphatic rings. The van der Waals surface area contributed by atoms with Crippen LogP contribution in [0.15, 0.2) is 71.6 Å². The summed E-state index contributed by atoms with van der Waals surface area (Å²) < 4.78 is 34.5. The zero-order chi connectivity index (χ0) is 30.3. The minimum Gasteiger partial charge on any atom is -0.495 e. The molecule has 41 heavy (non-hydrogen) atoms. The first-order chi connectivity index (χ1) is 19.3. The van der Waals surface area contributed by atoms with E-state index in [-0.39, 0.29) is 34.7 Å². The number of nitrogens with one attached hydrogen (secondary N) is 1. The summed E-state index contributed by atoms with van der Waals surface area (Å²) in [5.41, 5.74) is 1.53. The van der Waals surface area contributed by atoms with Crippen molar-refractivity contribution in [2.75, 3.05) is 24.5 Å². The van der Waals surface area contributed by atoms with Crippen LogP contribution >= 0.6 is 23.2 Å². The number of aryl methyl sites for hydroxylation is 1. The molecule has 220 valence electrons. The number of amides is 2. The number of rotatable bonds is 12. The monoisotopic (exact) mass is 619 g/mol. The van der Waals surface area contributed by atoms with Crippen molar-refractivity contribution in [2.24, 2.45) is 5.92 Å². The van der Waals surface area contributed by atoms with E-state index in [2.05, 4.69) is 5.32 Å². The van der Waals surface area contributed by atoms with Gasteiger partial charge in [-0.2, -0.15) is 0 Å². The zero-order valence-corrected chi connectivity index (χ0v) is 26.1. The van der Waals surface area contributed by atoms with Crippen molar-refractivity contribution in [1.82, 2.24) is 10.2 Å². The second kappa shape index (κ2) is 14.1. The fourth-order valence-electron chi connectivity index (χ4n) is 4.10. The van der Waals surface area contributed by atoms with Gasteiger partial charge < -0.3 is 15.0 Å². The first kappa shape index (κ1) is 32.2. The highest BCUT2D eigenvalue weighted by Crippen LogP contribution is 2.34. The number of nitrogens with zero attached hydrogens (tertiary/aromatic N) is 2. The van der Waals surface area contributed by atoms with Gasteiger partial charge in [-0.3, -0.25) is 13.9 Å². The van der Waals surface area contributed by atoms with Gasteiger partial charge in [-0.25, -0.2) is 8.42 Å². The van der Waals surface area contributed by atoms with E-state index < -0.39 is 28.5 Å². The van der Waals surface area contributed by atoms with E-state index in [1.54, 1.807) is 61.5 Å². The number of hydrogen-bond donors (Lipinski definition) is 1. The van der Waals surface area contributed by atoms with Gasteiger partial charge in [-0.1, -0.05) is 67.4 Å². The molecule has 3 rings (SSSR count). The van der Waals surface area contributed by atoms with Crippen LogP contribution in [-0.2, 0) is 26.2 Å². The van der Waals surface area contributed by atoms with E-state index >= 15 is 0 Å². The maximum absolute atomic E-state index is 14.1. The Hall–Kier alpha value is -3.27. The van der Waals surface area contributed by atoms with Crippen molar-refractivity contribution in [3.05, 3.63) is 87.9 Å². The molecule has 8 nitrogen and oxygen atoms in total. The second-order valence-corrected chi connectivity index (χ2v) is 12.8. The second-order valence-electron chi connectivity index (χ2n) is 10.1. The summed E-state index contributed by atoms with van der Waals surface area (Å²) in [6, 6.07) is 16.8. The van der Waals surface area contributed by atoms with Gasteiger partial charge in [-0.05, 0) is 67.3 Å². The Labute approximate surface area is 252 Å². The van der Waals surface area contributed by atoms with Crippen molar-refractivity contribution in [2.45, 2.75) is 45.2 Å². The van der Waals surface area contributed by atoms with Gasteiger partial charge in [0.15, 0.2) is 0 Å². The maximum Gasteiger partial charge on any atom is 0.264 e. The van der Waals surface area contributed by atoms with Gasteiger partial charge >= 0.3 is 0 Å². The molecule has 0 aliphatic carbocycles. The minimum atomic E-state index is -4.22. The van der Waals surface area contributed by atoms with Crippen LogP contribution in [0.25, 0.3) is 0 Å². The molecule has 0 radical (unpaired) electrons. The predicted molar refractivity (Wildman–Crippen MR) is 163 cm³/mol. The van der Waals surface area contributed by atoms with Crippen LogP contribution in [0.3, 0.4) is 0 Å². The van der Waals surface area contributed by atoms with Crippen molar-refractivity contribution in [3.63, 3.8) is 0 Å². The number of ether oxygens (including phenoxy) is 1. The number of hydrogen-bond acceptors (Lipinski definition) is 5. The van der Waals surface area contributed by atoms with Gasteiger partial charge in [0.25, 0.3) is 10.0 Å². The summed E-state index contributed by atoms with van der Waals surface area (Å²) in [6.07, 6.45) is 0. The normalized spacial score (nSPS) is 12.1. The lowest BCUT2D eigenvalue weighted by molar-refractivity contribution is -0.139. The van der Waals surface area contributed by atoms with E-state index in [4.69, 9.17) is 27.9 Å². The third-order valence-electron chi connectivity index (χ3n) is 6.42.